The quantitative estimate of drug-likeness (QED) is 0.687. The van der Waals surface area contributed by atoms with Crippen LogP contribution in [0.2, 0.25) is 0 Å². The van der Waals surface area contributed by atoms with E-state index in [9.17, 15) is 5.11 Å². The Hall–Kier alpha value is -1.82. The SMILES string of the molecule is Oc1ccccc1CNn1cn[nH]c1=S. The predicted octanol–water partition coefficient (Wildman–Crippen LogP) is 1.39. The van der Waals surface area contributed by atoms with Crippen molar-refractivity contribution in [2.24, 2.45) is 0 Å². The number of phenols is 1. The number of H-pyrrole nitrogens is 1. The summed E-state index contributed by atoms with van der Waals surface area (Å²) in [5.41, 5.74) is 3.81. The van der Waals surface area contributed by atoms with E-state index in [0.29, 0.717) is 11.3 Å². The fourth-order valence-corrected chi connectivity index (χ4v) is 1.36. The van der Waals surface area contributed by atoms with Gasteiger partial charge in [0.05, 0.1) is 6.54 Å². The summed E-state index contributed by atoms with van der Waals surface area (Å²) < 4.78 is 2.08. The maximum Gasteiger partial charge on any atom is 0.214 e. The topological polar surface area (TPSA) is 65.9 Å². The largest absolute Gasteiger partial charge is 0.508 e. The van der Waals surface area contributed by atoms with Crippen molar-refractivity contribution in [3.05, 3.63) is 40.9 Å². The first-order chi connectivity index (χ1) is 7.27. The Labute approximate surface area is 91.4 Å². The van der Waals surface area contributed by atoms with E-state index in [1.165, 1.54) is 0 Å². The van der Waals surface area contributed by atoms with Gasteiger partial charge in [0, 0.05) is 5.56 Å². The Balaban J connectivity index is 2.09. The molecule has 0 aliphatic rings. The van der Waals surface area contributed by atoms with Gasteiger partial charge in [0.1, 0.15) is 12.1 Å². The molecule has 5 nitrogen and oxygen atoms in total. The van der Waals surface area contributed by atoms with Gasteiger partial charge >= 0.3 is 0 Å². The molecule has 0 radical (unpaired) electrons. The van der Waals surface area contributed by atoms with Gasteiger partial charge in [-0.2, -0.15) is 5.10 Å². The van der Waals surface area contributed by atoms with E-state index >= 15 is 0 Å². The summed E-state index contributed by atoms with van der Waals surface area (Å²) in [6.45, 7) is 0.487. The Morgan fingerprint density at radius 3 is 2.93 bits per heavy atom. The number of benzene rings is 1. The van der Waals surface area contributed by atoms with Crippen molar-refractivity contribution in [2.75, 3.05) is 5.43 Å². The second-order valence-corrected chi connectivity index (χ2v) is 3.38. The summed E-state index contributed by atoms with van der Waals surface area (Å²) in [7, 11) is 0. The third kappa shape index (κ3) is 2.16. The lowest BCUT2D eigenvalue weighted by atomic mass is 10.2. The number of rotatable bonds is 3. The smallest absolute Gasteiger partial charge is 0.214 e. The molecule has 0 aliphatic heterocycles. The van der Waals surface area contributed by atoms with Crippen LogP contribution in [0.25, 0.3) is 0 Å². The van der Waals surface area contributed by atoms with E-state index in [2.05, 4.69) is 15.6 Å². The van der Waals surface area contributed by atoms with Gasteiger partial charge < -0.3 is 10.5 Å². The van der Waals surface area contributed by atoms with Gasteiger partial charge in [0.15, 0.2) is 0 Å². The average molecular weight is 222 g/mol. The number of aromatic amines is 1. The van der Waals surface area contributed by atoms with Crippen LogP contribution in [0.3, 0.4) is 0 Å². The highest BCUT2D eigenvalue weighted by atomic mass is 32.1. The molecule has 0 bridgehead atoms. The van der Waals surface area contributed by atoms with E-state index in [0.717, 1.165) is 5.56 Å². The van der Waals surface area contributed by atoms with E-state index < -0.39 is 0 Å². The van der Waals surface area contributed by atoms with Gasteiger partial charge in [-0.25, -0.2) is 4.68 Å². The van der Waals surface area contributed by atoms with Crippen molar-refractivity contribution in [1.29, 1.82) is 0 Å². The standard InChI is InChI=1S/C9H10N4OS/c14-8-4-2-1-3-7(8)5-11-13-6-10-12-9(13)15/h1-4,6,11,14H,5H2,(H,12,15). The number of aromatic nitrogens is 3. The molecule has 0 aliphatic carbocycles. The Bertz CT molecular complexity index is 505. The Morgan fingerprint density at radius 1 is 1.47 bits per heavy atom. The molecule has 0 saturated heterocycles. The molecule has 0 saturated carbocycles. The Morgan fingerprint density at radius 2 is 2.27 bits per heavy atom. The molecule has 6 heteroatoms. The van der Waals surface area contributed by atoms with Gasteiger partial charge in [0.2, 0.25) is 4.77 Å². The fraction of sp³-hybridized carbons (Fsp3) is 0.111. The first-order valence-corrected chi connectivity index (χ1v) is 4.81. The van der Waals surface area contributed by atoms with Gasteiger partial charge in [-0.15, -0.1) is 0 Å². The van der Waals surface area contributed by atoms with Crippen LogP contribution in [0.4, 0.5) is 0 Å². The summed E-state index contributed by atoms with van der Waals surface area (Å²) >= 11 is 4.95. The molecule has 78 valence electrons. The van der Waals surface area contributed by atoms with E-state index in [-0.39, 0.29) is 5.75 Å². The second kappa shape index (κ2) is 4.14. The monoisotopic (exact) mass is 222 g/mol. The van der Waals surface area contributed by atoms with Crippen LogP contribution in [0.5, 0.6) is 5.75 Å². The molecule has 2 rings (SSSR count). The van der Waals surface area contributed by atoms with Crippen molar-refractivity contribution in [3.8, 4) is 5.75 Å². The zero-order valence-corrected chi connectivity index (χ0v) is 8.66. The molecular formula is C9H10N4OS. The lowest BCUT2D eigenvalue weighted by Crippen LogP contribution is -2.13. The molecule has 1 aromatic heterocycles. The summed E-state index contributed by atoms with van der Waals surface area (Å²) in [6, 6.07) is 7.13. The normalized spacial score (nSPS) is 10.1. The highest BCUT2D eigenvalue weighted by Crippen LogP contribution is 2.14. The first kappa shape index (κ1) is 9.72. The first-order valence-electron chi connectivity index (χ1n) is 4.40. The minimum atomic E-state index is 0.264. The molecule has 1 aromatic carbocycles. The summed E-state index contributed by atoms with van der Waals surface area (Å²) in [6.07, 6.45) is 1.54. The highest BCUT2D eigenvalue weighted by molar-refractivity contribution is 7.71. The summed E-state index contributed by atoms with van der Waals surface area (Å²) in [4.78, 5) is 0. The lowest BCUT2D eigenvalue weighted by Gasteiger charge is -2.07. The molecule has 0 unspecified atom stereocenters. The number of para-hydroxylation sites is 1. The molecule has 0 atom stereocenters. The van der Waals surface area contributed by atoms with Gasteiger partial charge in [-0.1, -0.05) is 18.2 Å². The molecule has 3 N–H and O–H groups in total. The van der Waals surface area contributed by atoms with Gasteiger partial charge in [-0.05, 0) is 18.3 Å². The minimum absolute atomic E-state index is 0.264. The van der Waals surface area contributed by atoms with Gasteiger partial charge in [0.25, 0.3) is 0 Å². The van der Waals surface area contributed by atoms with Crippen LogP contribution in [0, 0.1) is 4.77 Å². The van der Waals surface area contributed by atoms with Crippen LogP contribution in [-0.2, 0) is 6.54 Å². The van der Waals surface area contributed by atoms with E-state index in [1.807, 2.05) is 12.1 Å². The number of nitrogens with one attached hydrogen (secondary N) is 2. The molecule has 1 heterocycles. The van der Waals surface area contributed by atoms with Crippen molar-refractivity contribution in [3.63, 3.8) is 0 Å². The average Bonchev–Trinajstić information content (AvgIpc) is 2.63. The third-order valence-corrected chi connectivity index (χ3v) is 2.27. The van der Waals surface area contributed by atoms with Crippen LogP contribution < -0.4 is 5.43 Å². The zero-order valence-electron chi connectivity index (χ0n) is 7.84. The van der Waals surface area contributed by atoms with Crippen molar-refractivity contribution in [1.82, 2.24) is 14.9 Å². The number of phenolic OH excluding ortho intramolecular Hbond substituents is 1. The minimum Gasteiger partial charge on any atom is -0.508 e. The third-order valence-electron chi connectivity index (χ3n) is 1.98. The van der Waals surface area contributed by atoms with Crippen molar-refractivity contribution < 1.29 is 5.11 Å². The lowest BCUT2D eigenvalue weighted by molar-refractivity contribution is 0.468. The highest BCUT2D eigenvalue weighted by Gasteiger charge is 1.99. The van der Waals surface area contributed by atoms with Crippen molar-refractivity contribution >= 4 is 12.2 Å². The predicted molar refractivity (Wildman–Crippen MR) is 58.6 cm³/mol. The number of hydrogen-bond acceptors (Lipinski definition) is 4. The van der Waals surface area contributed by atoms with Crippen LogP contribution in [0.15, 0.2) is 30.6 Å². The summed E-state index contributed by atoms with van der Waals surface area (Å²) in [5, 5.41) is 15.9. The zero-order chi connectivity index (χ0) is 10.7. The molecule has 0 spiro atoms. The van der Waals surface area contributed by atoms with Crippen LogP contribution >= 0.6 is 12.2 Å². The molecular weight excluding hydrogens is 212 g/mol. The molecule has 15 heavy (non-hydrogen) atoms. The molecule has 0 fully saturated rings. The molecule has 2 aromatic rings. The maximum atomic E-state index is 9.51. The second-order valence-electron chi connectivity index (χ2n) is 3.00. The fourth-order valence-electron chi connectivity index (χ4n) is 1.19. The maximum absolute atomic E-state index is 9.51. The molecule has 0 amide bonds. The van der Waals surface area contributed by atoms with E-state index in [4.69, 9.17) is 12.2 Å². The number of nitrogens with zero attached hydrogens (tertiary/aromatic N) is 2. The number of aromatic hydroxyl groups is 1. The number of hydrogen-bond donors (Lipinski definition) is 3. The van der Waals surface area contributed by atoms with E-state index in [1.54, 1.807) is 23.1 Å². The van der Waals surface area contributed by atoms with Crippen LogP contribution in [-0.4, -0.2) is 20.0 Å². The van der Waals surface area contributed by atoms with Crippen molar-refractivity contribution in [2.45, 2.75) is 6.54 Å². The van der Waals surface area contributed by atoms with Gasteiger partial charge in [-0.3, -0.25) is 5.10 Å². The van der Waals surface area contributed by atoms with Crippen LogP contribution in [0.1, 0.15) is 5.56 Å². The Kier molecular flexibility index (Phi) is 2.68. The summed E-state index contributed by atoms with van der Waals surface area (Å²) in [5.74, 6) is 0.264.